The minimum Gasteiger partial charge on any atom is -0.481 e. The Morgan fingerprint density at radius 1 is 1.38 bits per heavy atom. The first-order valence-electron chi connectivity index (χ1n) is 7.45. The lowest BCUT2D eigenvalue weighted by Gasteiger charge is -2.16. The number of amides is 1. The third kappa shape index (κ3) is 6.12. The Balaban J connectivity index is 2.72. The molecule has 1 amide bonds. The van der Waals surface area contributed by atoms with Gasteiger partial charge in [0.25, 0.3) is 5.91 Å². The van der Waals surface area contributed by atoms with Crippen molar-refractivity contribution in [1.82, 2.24) is 5.32 Å². The van der Waals surface area contributed by atoms with Crippen LogP contribution in [0.4, 0.5) is 4.39 Å². The predicted molar refractivity (Wildman–Crippen MR) is 81.8 cm³/mol. The predicted octanol–water partition coefficient (Wildman–Crippen LogP) is 2.40. The normalized spacial score (nSPS) is 13.6. The van der Waals surface area contributed by atoms with Gasteiger partial charge < -0.3 is 15.8 Å². The maximum Gasteiger partial charge on any atom is 0.260 e. The first-order chi connectivity index (χ1) is 9.96. The topological polar surface area (TPSA) is 64.3 Å². The molecule has 0 aliphatic carbocycles. The molecule has 2 unspecified atom stereocenters. The van der Waals surface area contributed by atoms with E-state index in [1.54, 1.807) is 13.0 Å². The summed E-state index contributed by atoms with van der Waals surface area (Å²) < 4.78 is 19.1. The molecule has 0 aliphatic heterocycles. The molecule has 0 spiro atoms. The molecule has 0 heterocycles. The largest absolute Gasteiger partial charge is 0.481 e. The number of carbonyl (C=O) groups is 1. The third-order valence-corrected chi connectivity index (χ3v) is 3.18. The summed E-state index contributed by atoms with van der Waals surface area (Å²) in [4.78, 5) is 11.8. The molecule has 0 aromatic heterocycles. The van der Waals surface area contributed by atoms with Crippen LogP contribution in [0.2, 0.25) is 0 Å². The molecule has 0 bridgehead atoms. The van der Waals surface area contributed by atoms with Crippen molar-refractivity contribution in [1.29, 1.82) is 0 Å². The van der Waals surface area contributed by atoms with Crippen LogP contribution in [0.25, 0.3) is 0 Å². The van der Waals surface area contributed by atoms with Crippen LogP contribution in [0.5, 0.6) is 5.75 Å². The monoisotopic (exact) mass is 296 g/mol. The van der Waals surface area contributed by atoms with Gasteiger partial charge in [0.15, 0.2) is 6.10 Å². The highest BCUT2D eigenvalue weighted by atomic mass is 19.1. The minimum absolute atomic E-state index is 0.00933. The number of ether oxygens (including phenoxy) is 1. The zero-order valence-corrected chi connectivity index (χ0v) is 13.0. The smallest absolute Gasteiger partial charge is 0.260 e. The number of hydrogen-bond acceptors (Lipinski definition) is 3. The molecular formula is C16H25FN2O2. The molecule has 1 aromatic rings. The standard InChI is InChI=1S/C16H25FN2O2/c1-4-6-19-16(20)11(3)21-15-9-12(7-13(17)10-15)8-14(18)5-2/h7,9-11,14H,4-6,8,18H2,1-3H3,(H,19,20). The SMILES string of the molecule is CCCNC(=O)C(C)Oc1cc(F)cc(CC(N)CC)c1. The molecule has 2 atom stereocenters. The number of hydrogen-bond donors (Lipinski definition) is 2. The molecule has 0 saturated carbocycles. The molecular weight excluding hydrogens is 271 g/mol. The lowest BCUT2D eigenvalue weighted by atomic mass is 10.0. The van der Waals surface area contributed by atoms with Crippen molar-refractivity contribution >= 4 is 5.91 Å². The first kappa shape index (κ1) is 17.4. The van der Waals surface area contributed by atoms with E-state index in [0.717, 1.165) is 18.4 Å². The number of nitrogens with two attached hydrogens (primary N) is 1. The average Bonchev–Trinajstić information content (AvgIpc) is 2.43. The fourth-order valence-electron chi connectivity index (χ4n) is 1.90. The summed E-state index contributed by atoms with van der Waals surface area (Å²) in [5.41, 5.74) is 6.66. The molecule has 0 saturated heterocycles. The average molecular weight is 296 g/mol. The van der Waals surface area contributed by atoms with E-state index in [0.29, 0.717) is 18.7 Å². The van der Waals surface area contributed by atoms with Gasteiger partial charge >= 0.3 is 0 Å². The molecule has 0 fully saturated rings. The maximum absolute atomic E-state index is 13.6. The molecule has 1 aromatic carbocycles. The molecule has 5 heteroatoms. The lowest BCUT2D eigenvalue weighted by molar-refractivity contribution is -0.127. The van der Waals surface area contributed by atoms with Crippen molar-refractivity contribution in [2.75, 3.05) is 6.54 Å². The van der Waals surface area contributed by atoms with Gasteiger partial charge in [-0.3, -0.25) is 4.79 Å². The molecule has 1 rings (SSSR count). The highest BCUT2D eigenvalue weighted by Gasteiger charge is 2.15. The van der Waals surface area contributed by atoms with Gasteiger partial charge in [-0.05, 0) is 43.9 Å². The van der Waals surface area contributed by atoms with Crippen LogP contribution in [-0.4, -0.2) is 24.6 Å². The summed E-state index contributed by atoms with van der Waals surface area (Å²) in [7, 11) is 0. The molecule has 4 nitrogen and oxygen atoms in total. The van der Waals surface area contributed by atoms with Gasteiger partial charge in [-0.2, -0.15) is 0 Å². The van der Waals surface area contributed by atoms with E-state index in [4.69, 9.17) is 10.5 Å². The van der Waals surface area contributed by atoms with Gasteiger partial charge in [0.2, 0.25) is 0 Å². The van der Waals surface area contributed by atoms with Gasteiger partial charge in [-0.25, -0.2) is 4.39 Å². The minimum atomic E-state index is -0.661. The molecule has 21 heavy (non-hydrogen) atoms. The molecule has 0 radical (unpaired) electrons. The summed E-state index contributed by atoms with van der Waals surface area (Å²) >= 11 is 0. The van der Waals surface area contributed by atoms with Crippen LogP contribution in [0, 0.1) is 5.82 Å². The summed E-state index contributed by atoms with van der Waals surface area (Å²) in [5, 5.41) is 2.75. The van der Waals surface area contributed by atoms with Crippen molar-refractivity contribution in [2.45, 2.75) is 52.2 Å². The van der Waals surface area contributed by atoms with Crippen LogP contribution < -0.4 is 15.8 Å². The third-order valence-electron chi connectivity index (χ3n) is 3.18. The Labute approximate surface area is 125 Å². The highest BCUT2D eigenvalue weighted by molar-refractivity contribution is 5.80. The van der Waals surface area contributed by atoms with Crippen LogP contribution in [-0.2, 0) is 11.2 Å². The van der Waals surface area contributed by atoms with Crippen molar-refractivity contribution in [3.8, 4) is 5.75 Å². The second-order valence-corrected chi connectivity index (χ2v) is 5.22. The lowest BCUT2D eigenvalue weighted by Crippen LogP contribution is -2.36. The van der Waals surface area contributed by atoms with Crippen molar-refractivity contribution in [3.63, 3.8) is 0 Å². The molecule has 0 aliphatic rings. The fourth-order valence-corrected chi connectivity index (χ4v) is 1.90. The van der Waals surface area contributed by atoms with Gasteiger partial charge in [0.1, 0.15) is 11.6 Å². The van der Waals surface area contributed by atoms with E-state index in [2.05, 4.69) is 5.32 Å². The van der Waals surface area contributed by atoms with E-state index >= 15 is 0 Å². The number of halogens is 1. The number of nitrogens with one attached hydrogen (secondary N) is 1. The Bertz CT molecular complexity index is 466. The van der Waals surface area contributed by atoms with E-state index in [1.807, 2.05) is 13.8 Å². The highest BCUT2D eigenvalue weighted by Crippen LogP contribution is 2.19. The fraction of sp³-hybridized carbons (Fsp3) is 0.562. The van der Waals surface area contributed by atoms with E-state index in [1.165, 1.54) is 12.1 Å². The molecule has 118 valence electrons. The first-order valence-corrected chi connectivity index (χ1v) is 7.45. The van der Waals surface area contributed by atoms with E-state index < -0.39 is 6.10 Å². The molecule has 3 N–H and O–H groups in total. The van der Waals surface area contributed by atoms with Crippen LogP contribution in [0.3, 0.4) is 0 Å². The van der Waals surface area contributed by atoms with Crippen LogP contribution in [0.1, 0.15) is 39.2 Å². The summed E-state index contributed by atoms with van der Waals surface area (Å²) in [6, 6.07) is 4.46. The Morgan fingerprint density at radius 2 is 2.10 bits per heavy atom. The van der Waals surface area contributed by atoms with Gasteiger partial charge in [-0.15, -0.1) is 0 Å². The Hall–Kier alpha value is -1.62. The van der Waals surface area contributed by atoms with Gasteiger partial charge in [-0.1, -0.05) is 13.8 Å². The number of carbonyl (C=O) groups excluding carboxylic acids is 1. The van der Waals surface area contributed by atoms with Crippen LogP contribution >= 0.6 is 0 Å². The Morgan fingerprint density at radius 3 is 2.71 bits per heavy atom. The summed E-state index contributed by atoms with van der Waals surface area (Å²) in [6.07, 6.45) is 1.60. The van der Waals surface area contributed by atoms with Gasteiger partial charge in [0, 0.05) is 18.7 Å². The Kier molecular flexibility index (Phi) is 7.15. The maximum atomic E-state index is 13.6. The second kappa shape index (κ2) is 8.62. The van der Waals surface area contributed by atoms with E-state index in [-0.39, 0.29) is 17.8 Å². The van der Waals surface area contributed by atoms with Crippen molar-refractivity contribution in [3.05, 3.63) is 29.6 Å². The summed E-state index contributed by atoms with van der Waals surface area (Å²) in [5.74, 6) is -0.229. The second-order valence-electron chi connectivity index (χ2n) is 5.22. The zero-order chi connectivity index (χ0) is 15.8. The van der Waals surface area contributed by atoms with Crippen molar-refractivity contribution in [2.24, 2.45) is 5.73 Å². The zero-order valence-electron chi connectivity index (χ0n) is 13.0. The quantitative estimate of drug-likeness (QED) is 0.774. The van der Waals surface area contributed by atoms with Crippen molar-refractivity contribution < 1.29 is 13.9 Å². The number of rotatable bonds is 8. The van der Waals surface area contributed by atoms with E-state index in [9.17, 15) is 9.18 Å². The van der Waals surface area contributed by atoms with Gasteiger partial charge in [0.05, 0.1) is 0 Å². The summed E-state index contributed by atoms with van der Waals surface area (Å²) in [6.45, 7) is 6.21. The van der Waals surface area contributed by atoms with Crippen LogP contribution in [0.15, 0.2) is 18.2 Å². The number of benzene rings is 1.